The van der Waals surface area contributed by atoms with Crippen LogP contribution < -0.4 is 11.1 Å². The molecule has 2 aromatic rings. The van der Waals surface area contributed by atoms with E-state index >= 15 is 0 Å². The molecule has 2 heterocycles. The minimum absolute atomic E-state index is 0.390. The highest BCUT2D eigenvalue weighted by molar-refractivity contribution is 7.18. The summed E-state index contributed by atoms with van der Waals surface area (Å²) in [5, 5.41) is 3.23. The van der Waals surface area contributed by atoms with Crippen molar-refractivity contribution in [2.75, 3.05) is 11.9 Å². The fraction of sp³-hybridized carbons (Fsp3) is 0.231. The Morgan fingerprint density at radius 3 is 2.78 bits per heavy atom. The summed E-state index contributed by atoms with van der Waals surface area (Å²) in [4.78, 5) is 17.0. The molecule has 0 saturated heterocycles. The number of pyridine rings is 1. The van der Waals surface area contributed by atoms with E-state index in [1.165, 1.54) is 11.3 Å². The van der Waals surface area contributed by atoms with E-state index in [0.717, 1.165) is 29.1 Å². The van der Waals surface area contributed by atoms with Gasteiger partial charge in [-0.15, -0.1) is 11.3 Å². The molecule has 0 atom stereocenters. The summed E-state index contributed by atoms with van der Waals surface area (Å²) in [7, 11) is 0. The number of rotatable bonds is 5. The molecule has 4 nitrogen and oxygen atoms in total. The molecule has 0 radical (unpaired) electrons. The fourth-order valence-corrected chi connectivity index (χ4v) is 2.62. The van der Waals surface area contributed by atoms with Crippen LogP contribution in [0.5, 0.6) is 0 Å². The Balaban J connectivity index is 2.36. The molecular formula is C13H15N3OS. The molecule has 0 aliphatic carbocycles. The second-order valence-corrected chi connectivity index (χ2v) is 4.93. The highest BCUT2D eigenvalue weighted by atomic mass is 32.1. The molecular weight excluding hydrogens is 246 g/mol. The standard InChI is InChI=1S/C13H15N3OS/c1-2-5-16-10-8-11(18-12(10)13(14)17)9-3-6-15-7-4-9/h3-4,6-8,16H,2,5H2,1H3,(H2,14,17). The normalized spacial score (nSPS) is 10.3. The third-order valence-corrected chi connectivity index (χ3v) is 3.68. The number of thiophene rings is 1. The van der Waals surface area contributed by atoms with Crippen LogP contribution in [0.25, 0.3) is 10.4 Å². The average molecular weight is 261 g/mol. The summed E-state index contributed by atoms with van der Waals surface area (Å²) in [5.41, 5.74) is 7.26. The Bertz CT molecular complexity index is 536. The van der Waals surface area contributed by atoms with Gasteiger partial charge in [-0.05, 0) is 30.2 Å². The molecule has 1 amide bonds. The molecule has 94 valence electrons. The highest BCUT2D eigenvalue weighted by Crippen LogP contribution is 2.34. The van der Waals surface area contributed by atoms with E-state index in [9.17, 15) is 4.79 Å². The van der Waals surface area contributed by atoms with Crippen molar-refractivity contribution in [1.82, 2.24) is 4.98 Å². The SMILES string of the molecule is CCCNc1cc(-c2ccncc2)sc1C(N)=O. The first-order valence-corrected chi connectivity index (χ1v) is 6.62. The van der Waals surface area contributed by atoms with Gasteiger partial charge >= 0.3 is 0 Å². The molecule has 0 aromatic carbocycles. The summed E-state index contributed by atoms with van der Waals surface area (Å²) in [6.07, 6.45) is 4.47. The van der Waals surface area contributed by atoms with Crippen LogP contribution >= 0.6 is 11.3 Å². The summed E-state index contributed by atoms with van der Waals surface area (Å²) in [6.45, 7) is 2.90. The van der Waals surface area contributed by atoms with Crippen molar-refractivity contribution in [2.45, 2.75) is 13.3 Å². The van der Waals surface area contributed by atoms with Crippen molar-refractivity contribution < 1.29 is 4.79 Å². The average Bonchev–Trinajstić information content (AvgIpc) is 2.81. The van der Waals surface area contributed by atoms with Crippen LogP contribution in [0.2, 0.25) is 0 Å². The Kier molecular flexibility index (Phi) is 3.94. The number of hydrogen-bond acceptors (Lipinski definition) is 4. The van der Waals surface area contributed by atoms with E-state index in [-0.39, 0.29) is 5.91 Å². The Morgan fingerprint density at radius 1 is 1.44 bits per heavy atom. The van der Waals surface area contributed by atoms with E-state index in [1.54, 1.807) is 12.4 Å². The molecule has 0 aliphatic heterocycles. The number of anilines is 1. The molecule has 0 bridgehead atoms. The zero-order valence-electron chi connectivity index (χ0n) is 10.1. The lowest BCUT2D eigenvalue weighted by Gasteiger charge is -2.02. The predicted molar refractivity (Wildman–Crippen MR) is 74.8 cm³/mol. The number of hydrogen-bond donors (Lipinski definition) is 2. The predicted octanol–water partition coefficient (Wildman–Crippen LogP) is 2.73. The van der Waals surface area contributed by atoms with Crippen molar-refractivity contribution in [1.29, 1.82) is 0 Å². The van der Waals surface area contributed by atoms with Crippen molar-refractivity contribution in [3.63, 3.8) is 0 Å². The summed E-state index contributed by atoms with van der Waals surface area (Å²) >= 11 is 1.41. The van der Waals surface area contributed by atoms with E-state index in [2.05, 4.69) is 17.2 Å². The van der Waals surface area contributed by atoms with Crippen molar-refractivity contribution in [3.8, 4) is 10.4 Å². The quantitative estimate of drug-likeness (QED) is 0.869. The minimum Gasteiger partial charge on any atom is -0.384 e. The molecule has 5 heteroatoms. The van der Waals surface area contributed by atoms with Crippen molar-refractivity contribution in [3.05, 3.63) is 35.5 Å². The van der Waals surface area contributed by atoms with Gasteiger partial charge in [0.2, 0.25) is 0 Å². The van der Waals surface area contributed by atoms with Gasteiger partial charge in [-0.1, -0.05) is 6.92 Å². The smallest absolute Gasteiger partial charge is 0.260 e. The Hall–Kier alpha value is -1.88. The zero-order valence-corrected chi connectivity index (χ0v) is 11.0. The number of aromatic nitrogens is 1. The van der Waals surface area contributed by atoms with Gasteiger partial charge in [-0.25, -0.2) is 0 Å². The first-order valence-electron chi connectivity index (χ1n) is 5.80. The number of nitrogens with one attached hydrogen (secondary N) is 1. The largest absolute Gasteiger partial charge is 0.384 e. The maximum atomic E-state index is 11.4. The van der Waals surface area contributed by atoms with Crippen LogP contribution in [0.3, 0.4) is 0 Å². The van der Waals surface area contributed by atoms with Gasteiger partial charge < -0.3 is 11.1 Å². The molecule has 2 aromatic heterocycles. The van der Waals surface area contributed by atoms with E-state index < -0.39 is 0 Å². The zero-order chi connectivity index (χ0) is 13.0. The number of carbonyl (C=O) groups is 1. The summed E-state index contributed by atoms with van der Waals surface area (Å²) < 4.78 is 0. The van der Waals surface area contributed by atoms with Gasteiger partial charge in [-0.2, -0.15) is 0 Å². The molecule has 0 saturated carbocycles. The first-order chi connectivity index (χ1) is 8.72. The van der Waals surface area contributed by atoms with Gasteiger partial charge in [0.25, 0.3) is 5.91 Å². The van der Waals surface area contributed by atoms with Crippen LogP contribution in [0.1, 0.15) is 23.0 Å². The van der Waals surface area contributed by atoms with Gasteiger partial charge in [0, 0.05) is 23.8 Å². The van der Waals surface area contributed by atoms with Crippen LogP contribution in [0.4, 0.5) is 5.69 Å². The van der Waals surface area contributed by atoms with Gasteiger partial charge in [-0.3, -0.25) is 9.78 Å². The fourth-order valence-electron chi connectivity index (χ4n) is 1.62. The first kappa shape index (κ1) is 12.6. The van der Waals surface area contributed by atoms with E-state index in [4.69, 9.17) is 5.73 Å². The highest BCUT2D eigenvalue weighted by Gasteiger charge is 2.14. The number of nitrogens with zero attached hydrogens (tertiary/aromatic N) is 1. The lowest BCUT2D eigenvalue weighted by atomic mass is 10.2. The summed E-state index contributed by atoms with van der Waals surface area (Å²) in [5.74, 6) is -0.390. The number of amides is 1. The lowest BCUT2D eigenvalue weighted by Crippen LogP contribution is -2.12. The minimum atomic E-state index is -0.390. The topological polar surface area (TPSA) is 68.0 Å². The molecule has 0 fully saturated rings. The maximum absolute atomic E-state index is 11.4. The second kappa shape index (κ2) is 5.64. The molecule has 0 aliphatic rings. The van der Waals surface area contributed by atoms with Gasteiger partial charge in [0.1, 0.15) is 4.88 Å². The van der Waals surface area contributed by atoms with Crippen molar-refractivity contribution in [2.24, 2.45) is 5.73 Å². The van der Waals surface area contributed by atoms with Crippen LogP contribution in [0, 0.1) is 0 Å². The molecule has 0 spiro atoms. The van der Waals surface area contributed by atoms with Crippen LogP contribution in [-0.4, -0.2) is 17.4 Å². The summed E-state index contributed by atoms with van der Waals surface area (Å²) in [6, 6.07) is 5.80. The number of nitrogens with two attached hydrogens (primary N) is 1. The van der Waals surface area contributed by atoms with Crippen molar-refractivity contribution >= 4 is 22.9 Å². The third-order valence-electron chi connectivity index (χ3n) is 2.49. The Morgan fingerprint density at radius 2 is 2.17 bits per heavy atom. The molecule has 18 heavy (non-hydrogen) atoms. The lowest BCUT2D eigenvalue weighted by molar-refractivity contribution is 0.100. The van der Waals surface area contributed by atoms with E-state index in [1.807, 2.05) is 18.2 Å². The van der Waals surface area contributed by atoms with E-state index in [0.29, 0.717) is 4.88 Å². The molecule has 0 unspecified atom stereocenters. The maximum Gasteiger partial charge on any atom is 0.260 e. The third kappa shape index (κ3) is 2.68. The van der Waals surface area contributed by atoms with Crippen LogP contribution in [-0.2, 0) is 0 Å². The van der Waals surface area contributed by atoms with Crippen LogP contribution in [0.15, 0.2) is 30.6 Å². The number of carbonyl (C=O) groups excluding carboxylic acids is 1. The monoisotopic (exact) mass is 261 g/mol. The van der Waals surface area contributed by atoms with Gasteiger partial charge in [0.05, 0.1) is 5.69 Å². The Labute approximate surface area is 110 Å². The number of primary amides is 1. The molecule has 2 rings (SSSR count). The van der Waals surface area contributed by atoms with Gasteiger partial charge in [0.15, 0.2) is 0 Å². The molecule has 3 N–H and O–H groups in total. The second-order valence-electron chi connectivity index (χ2n) is 3.88.